The molecule has 1 amide bonds. The number of fused-ring (bicyclic) bond motifs is 1. The molecule has 0 radical (unpaired) electrons. The Bertz CT molecular complexity index is 569. The highest BCUT2D eigenvalue weighted by molar-refractivity contribution is 14.0. The molecular weight excluding hydrogens is 403 g/mol. The Morgan fingerprint density at radius 3 is 2.78 bits per heavy atom. The molecule has 1 aromatic rings. The number of nitrogens with one attached hydrogen (secondary N) is 2. The molecule has 1 unspecified atom stereocenters. The van der Waals surface area contributed by atoms with Crippen molar-refractivity contribution in [3.63, 3.8) is 0 Å². The Morgan fingerprint density at radius 1 is 1.26 bits per heavy atom. The lowest BCUT2D eigenvalue weighted by Crippen LogP contribution is -2.41. The van der Waals surface area contributed by atoms with E-state index in [0.717, 1.165) is 11.3 Å². The number of guanidine groups is 1. The molecule has 1 aliphatic heterocycles. The maximum Gasteiger partial charge on any atom is 0.232 e. The number of anilines is 1. The largest absolute Gasteiger partial charge is 0.370 e. The molecule has 1 atom stereocenters. The van der Waals surface area contributed by atoms with Crippen LogP contribution in [0.2, 0.25) is 0 Å². The quantitative estimate of drug-likeness (QED) is 0.392. The van der Waals surface area contributed by atoms with Gasteiger partial charge in [-0.1, -0.05) is 37.5 Å². The van der Waals surface area contributed by atoms with E-state index in [2.05, 4.69) is 15.6 Å². The summed E-state index contributed by atoms with van der Waals surface area (Å²) >= 11 is 0. The van der Waals surface area contributed by atoms with Gasteiger partial charge in [-0.05, 0) is 30.9 Å². The predicted octanol–water partition coefficient (Wildman–Crippen LogP) is 2.97. The zero-order valence-corrected chi connectivity index (χ0v) is 15.6. The van der Waals surface area contributed by atoms with E-state index in [1.807, 2.05) is 24.3 Å². The SMILES string of the molecule is I.NC(=NCCC1C(=O)Nc2ccccc21)NC1CCCCC1. The molecule has 1 aromatic carbocycles. The molecule has 4 N–H and O–H groups in total. The fraction of sp³-hybridized carbons (Fsp3) is 0.529. The number of carbonyl (C=O) groups excluding carboxylic acids is 1. The van der Waals surface area contributed by atoms with Gasteiger partial charge in [0, 0.05) is 18.3 Å². The highest BCUT2D eigenvalue weighted by Crippen LogP contribution is 2.34. The van der Waals surface area contributed by atoms with Gasteiger partial charge in [-0.2, -0.15) is 0 Å². The second-order valence-corrected chi connectivity index (χ2v) is 6.16. The van der Waals surface area contributed by atoms with Gasteiger partial charge in [0.15, 0.2) is 5.96 Å². The van der Waals surface area contributed by atoms with E-state index in [-0.39, 0.29) is 35.8 Å². The third kappa shape index (κ3) is 4.59. The summed E-state index contributed by atoms with van der Waals surface area (Å²) in [5, 5.41) is 6.22. The molecule has 3 rings (SSSR count). The van der Waals surface area contributed by atoms with E-state index in [0.29, 0.717) is 25.0 Å². The Balaban J connectivity index is 0.00000192. The molecule has 0 aromatic heterocycles. The predicted molar refractivity (Wildman–Crippen MR) is 104 cm³/mol. The van der Waals surface area contributed by atoms with Crippen LogP contribution in [0.1, 0.15) is 50.0 Å². The molecule has 23 heavy (non-hydrogen) atoms. The summed E-state index contributed by atoms with van der Waals surface area (Å²) in [6.45, 7) is 0.567. The lowest BCUT2D eigenvalue weighted by atomic mass is 9.96. The summed E-state index contributed by atoms with van der Waals surface area (Å²) in [6.07, 6.45) is 6.90. The van der Waals surface area contributed by atoms with Gasteiger partial charge in [-0.25, -0.2) is 0 Å². The van der Waals surface area contributed by atoms with Crippen molar-refractivity contribution >= 4 is 41.5 Å². The van der Waals surface area contributed by atoms with E-state index >= 15 is 0 Å². The van der Waals surface area contributed by atoms with Crippen molar-refractivity contribution in [3.8, 4) is 0 Å². The van der Waals surface area contributed by atoms with Crippen LogP contribution in [0.4, 0.5) is 5.69 Å². The van der Waals surface area contributed by atoms with Crippen molar-refractivity contribution in [1.82, 2.24) is 5.32 Å². The molecule has 126 valence electrons. The molecule has 6 heteroatoms. The zero-order valence-electron chi connectivity index (χ0n) is 13.3. The maximum absolute atomic E-state index is 12.0. The van der Waals surface area contributed by atoms with Gasteiger partial charge in [0.25, 0.3) is 0 Å². The topological polar surface area (TPSA) is 79.5 Å². The summed E-state index contributed by atoms with van der Waals surface area (Å²) in [7, 11) is 0. The molecular formula is C17H25IN4O. The average Bonchev–Trinajstić information content (AvgIpc) is 2.84. The molecule has 1 heterocycles. The smallest absolute Gasteiger partial charge is 0.232 e. The number of nitrogens with zero attached hydrogens (tertiary/aromatic N) is 1. The lowest BCUT2D eigenvalue weighted by molar-refractivity contribution is -0.117. The monoisotopic (exact) mass is 428 g/mol. The number of para-hydroxylation sites is 1. The highest BCUT2D eigenvalue weighted by atomic mass is 127. The number of amides is 1. The van der Waals surface area contributed by atoms with Crippen LogP contribution in [0.25, 0.3) is 0 Å². The van der Waals surface area contributed by atoms with Crippen molar-refractivity contribution < 1.29 is 4.79 Å². The van der Waals surface area contributed by atoms with Gasteiger partial charge in [0.05, 0.1) is 5.92 Å². The van der Waals surface area contributed by atoms with Crippen LogP contribution in [0.15, 0.2) is 29.3 Å². The van der Waals surface area contributed by atoms with Gasteiger partial charge in [0.2, 0.25) is 5.91 Å². The zero-order chi connectivity index (χ0) is 15.4. The number of benzene rings is 1. The summed E-state index contributed by atoms with van der Waals surface area (Å²) in [5.74, 6) is 0.469. The first-order valence-electron chi connectivity index (χ1n) is 8.20. The second kappa shape index (κ2) is 8.52. The minimum absolute atomic E-state index is 0. The summed E-state index contributed by atoms with van der Waals surface area (Å²) in [5.41, 5.74) is 7.95. The normalized spacial score (nSPS) is 21.3. The van der Waals surface area contributed by atoms with E-state index in [1.54, 1.807) is 0 Å². The van der Waals surface area contributed by atoms with Crippen LogP contribution in [-0.2, 0) is 4.79 Å². The van der Waals surface area contributed by atoms with Gasteiger partial charge in [-0.3, -0.25) is 9.79 Å². The van der Waals surface area contributed by atoms with Gasteiger partial charge < -0.3 is 16.4 Å². The van der Waals surface area contributed by atoms with Crippen molar-refractivity contribution in [2.45, 2.75) is 50.5 Å². The van der Waals surface area contributed by atoms with Crippen LogP contribution in [-0.4, -0.2) is 24.5 Å². The van der Waals surface area contributed by atoms with Crippen LogP contribution >= 0.6 is 24.0 Å². The first-order valence-corrected chi connectivity index (χ1v) is 8.20. The van der Waals surface area contributed by atoms with Crippen molar-refractivity contribution in [2.24, 2.45) is 10.7 Å². The molecule has 1 saturated carbocycles. The third-order valence-electron chi connectivity index (χ3n) is 4.57. The van der Waals surface area contributed by atoms with E-state index in [4.69, 9.17) is 5.73 Å². The minimum Gasteiger partial charge on any atom is -0.370 e. The Labute approximate surface area is 154 Å². The Hall–Kier alpha value is -1.31. The Morgan fingerprint density at radius 2 is 2.00 bits per heavy atom. The number of halogens is 1. The van der Waals surface area contributed by atoms with E-state index in [9.17, 15) is 4.79 Å². The van der Waals surface area contributed by atoms with Crippen LogP contribution in [0, 0.1) is 0 Å². The molecule has 0 saturated heterocycles. The molecule has 0 spiro atoms. The molecule has 0 bridgehead atoms. The van der Waals surface area contributed by atoms with Crippen LogP contribution in [0.3, 0.4) is 0 Å². The van der Waals surface area contributed by atoms with Crippen LogP contribution < -0.4 is 16.4 Å². The summed E-state index contributed by atoms with van der Waals surface area (Å²) < 4.78 is 0. The highest BCUT2D eigenvalue weighted by Gasteiger charge is 2.29. The van der Waals surface area contributed by atoms with Gasteiger partial charge in [-0.15, -0.1) is 24.0 Å². The number of hydrogen-bond acceptors (Lipinski definition) is 2. The average molecular weight is 428 g/mol. The first-order chi connectivity index (χ1) is 10.7. The molecule has 5 nitrogen and oxygen atoms in total. The number of hydrogen-bond donors (Lipinski definition) is 3. The van der Waals surface area contributed by atoms with Crippen molar-refractivity contribution in [3.05, 3.63) is 29.8 Å². The fourth-order valence-corrected chi connectivity index (χ4v) is 3.38. The fourth-order valence-electron chi connectivity index (χ4n) is 3.38. The number of nitrogens with two attached hydrogens (primary N) is 1. The van der Waals surface area contributed by atoms with Crippen molar-refractivity contribution in [1.29, 1.82) is 0 Å². The minimum atomic E-state index is -0.109. The maximum atomic E-state index is 12.0. The molecule has 2 aliphatic rings. The lowest BCUT2D eigenvalue weighted by Gasteiger charge is -2.23. The van der Waals surface area contributed by atoms with E-state index < -0.39 is 0 Å². The summed E-state index contributed by atoms with van der Waals surface area (Å²) in [4.78, 5) is 16.4. The van der Waals surface area contributed by atoms with Crippen molar-refractivity contribution in [2.75, 3.05) is 11.9 Å². The molecule has 1 aliphatic carbocycles. The number of carbonyl (C=O) groups is 1. The first kappa shape index (κ1) is 18.0. The summed E-state index contributed by atoms with van der Waals surface area (Å²) in [6, 6.07) is 8.31. The van der Waals surface area contributed by atoms with Gasteiger partial charge in [0.1, 0.15) is 0 Å². The number of aliphatic imine (C=N–C) groups is 1. The standard InChI is InChI=1S/C17H24N4O.HI/c18-17(20-12-6-2-1-3-7-12)19-11-10-14-13-8-4-5-9-15(13)21-16(14)22;/h4-5,8-9,12,14H,1-3,6-7,10-11H2,(H,21,22)(H3,18,19,20);1H. The van der Waals surface area contributed by atoms with Crippen LogP contribution in [0.5, 0.6) is 0 Å². The second-order valence-electron chi connectivity index (χ2n) is 6.16. The van der Waals surface area contributed by atoms with Gasteiger partial charge >= 0.3 is 0 Å². The molecule has 1 fully saturated rings. The Kier molecular flexibility index (Phi) is 6.68. The van der Waals surface area contributed by atoms with E-state index in [1.165, 1.54) is 32.1 Å². The number of rotatable bonds is 4. The third-order valence-corrected chi connectivity index (χ3v) is 4.57.